The lowest BCUT2D eigenvalue weighted by Crippen LogP contribution is -2.40. The molecule has 0 aliphatic heterocycles. The Labute approximate surface area is 124 Å². The number of aryl methyl sites for hydroxylation is 1. The summed E-state index contributed by atoms with van der Waals surface area (Å²) in [6.07, 6.45) is 1.60. The van der Waals surface area contributed by atoms with Gasteiger partial charge in [0.2, 0.25) is 5.91 Å². The van der Waals surface area contributed by atoms with Crippen LogP contribution in [0, 0.1) is 6.92 Å². The SMILES string of the molecule is Cc1ccc(CN(CC(=O)NCc2ccco2)C(C)C)o1. The van der Waals surface area contributed by atoms with Crippen molar-refractivity contribution >= 4 is 5.91 Å². The molecule has 0 aromatic carbocycles. The van der Waals surface area contributed by atoms with Crippen molar-refractivity contribution in [2.75, 3.05) is 6.54 Å². The lowest BCUT2D eigenvalue weighted by molar-refractivity contribution is -0.123. The Morgan fingerprint density at radius 1 is 1.29 bits per heavy atom. The highest BCUT2D eigenvalue weighted by atomic mass is 16.3. The summed E-state index contributed by atoms with van der Waals surface area (Å²) in [6, 6.07) is 7.79. The first-order valence-corrected chi connectivity index (χ1v) is 7.13. The number of hydrogen-bond acceptors (Lipinski definition) is 4. The fraction of sp³-hybridized carbons (Fsp3) is 0.438. The van der Waals surface area contributed by atoms with Gasteiger partial charge < -0.3 is 14.2 Å². The molecule has 0 atom stereocenters. The number of carbonyl (C=O) groups excluding carboxylic acids is 1. The van der Waals surface area contributed by atoms with Gasteiger partial charge in [-0.05, 0) is 45.0 Å². The van der Waals surface area contributed by atoms with Gasteiger partial charge in [-0.15, -0.1) is 0 Å². The summed E-state index contributed by atoms with van der Waals surface area (Å²) >= 11 is 0. The molecule has 21 heavy (non-hydrogen) atoms. The van der Waals surface area contributed by atoms with Crippen LogP contribution >= 0.6 is 0 Å². The van der Waals surface area contributed by atoms with Gasteiger partial charge in [-0.2, -0.15) is 0 Å². The summed E-state index contributed by atoms with van der Waals surface area (Å²) < 4.78 is 10.8. The Balaban J connectivity index is 1.85. The molecule has 2 aromatic heterocycles. The smallest absolute Gasteiger partial charge is 0.234 e. The number of amides is 1. The molecule has 0 spiro atoms. The van der Waals surface area contributed by atoms with E-state index in [1.54, 1.807) is 12.3 Å². The molecule has 0 saturated carbocycles. The minimum atomic E-state index is -0.0246. The van der Waals surface area contributed by atoms with Crippen molar-refractivity contribution in [1.82, 2.24) is 10.2 Å². The van der Waals surface area contributed by atoms with Crippen molar-refractivity contribution in [1.29, 1.82) is 0 Å². The second-order valence-corrected chi connectivity index (χ2v) is 5.37. The quantitative estimate of drug-likeness (QED) is 0.851. The molecule has 5 nitrogen and oxygen atoms in total. The van der Waals surface area contributed by atoms with Crippen LogP contribution in [0.15, 0.2) is 39.4 Å². The summed E-state index contributed by atoms with van der Waals surface area (Å²) in [5.41, 5.74) is 0. The molecule has 0 fully saturated rings. The van der Waals surface area contributed by atoms with Crippen LogP contribution in [0.25, 0.3) is 0 Å². The predicted molar refractivity (Wildman–Crippen MR) is 79.5 cm³/mol. The maximum absolute atomic E-state index is 12.0. The van der Waals surface area contributed by atoms with E-state index in [2.05, 4.69) is 24.1 Å². The van der Waals surface area contributed by atoms with Gasteiger partial charge >= 0.3 is 0 Å². The van der Waals surface area contributed by atoms with Crippen LogP contribution < -0.4 is 5.32 Å². The zero-order valence-electron chi connectivity index (χ0n) is 12.8. The summed E-state index contributed by atoms with van der Waals surface area (Å²) in [5, 5.41) is 2.86. The topological polar surface area (TPSA) is 58.6 Å². The number of furan rings is 2. The van der Waals surface area contributed by atoms with E-state index in [4.69, 9.17) is 8.83 Å². The third-order valence-electron chi connectivity index (χ3n) is 3.27. The van der Waals surface area contributed by atoms with E-state index in [0.717, 1.165) is 17.3 Å². The fourth-order valence-electron chi connectivity index (χ4n) is 2.03. The molecule has 2 heterocycles. The van der Waals surface area contributed by atoms with Crippen LogP contribution in [0.1, 0.15) is 31.1 Å². The summed E-state index contributed by atoms with van der Waals surface area (Å²) in [4.78, 5) is 14.1. The normalized spacial score (nSPS) is 11.3. The third kappa shape index (κ3) is 4.79. The van der Waals surface area contributed by atoms with Gasteiger partial charge in [-0.3, -0.25) is 9.69 Å². The Morgan fingerprint density at radius 2 is 2.10 bits per heavy atom. The highest BCUT2D eigenvalue weighted by Crippen LogP contribution is 2.11. The van der Waals surface area contributed by atoms with Crippen molar-refractivity contribution in [3.63, 3.8) is 0 Å². The van der Waals surface area contributed by atoms with Crippen LogP contribution in [-0.2, 0) is 17.9 Å². The minimum absolute atomic E-state index is 0.0246. The molecule has 0 aliphatic rings. The van der Waals surface area contributed by atoms with Crippen molar-refractivity contribution in [3.8, 4) is 0 Å². The molecule has 0 aliphatic carbocycles. The van der Waals surface area contributed by atoms with Crippen LogP contribution in [0.4, 0.5) is 0 Å². The first kappa shape index (κ1) is 15.4. The van der Waals surface area contributed by atoms with Gasteiger partial charge in [0.15, 0.2) is 0 Å². The van der Waals surface area contributed by atoms with Gasteiger partial charge in [0, 0.05) is 6.04 Å². The maximum atomic E-state index is 12.0. The Hall–Kier alpha value is -2.01. The summed E-state index contributed by atoms with van der Waals surface area (Å²) in [7, 11) is 0. The lowest BCUT2D eigenvalue weighted by atomic mass is 10.3. The van der Waals surface area contributed by atoms with Gasteiger partial charge in [-0.1, -0.05) is 0 Å². The number of hydrogen-bond donors (Lipinski definition) is 1. The molecule has 0 unspecified atom stereocenters. The van der Waals surface area contributed by atoms with E-state index >= 15 is 0 Å². The molecule has 2 rings (SSSR count). The zero-order valence-corrected chi connectivity index (χ0v) is 12.8. The van der Waals surface area contributed by atoms with Crippen molar-refractivity contribution in [3.05, 3.63) is 47.8 Å². The molecular formula is C16H22N2O3. The minimum Gasteiger partial charge on any atom is -0.467 e. The zero-order chi connectivity index (χ0) is 15.2. The molecule has 2 aromatic rings. The molecular weight excluding hydrogens is 268 g/mol. The number of rotatable bonds is 7. The van der Waals surface area contributed by atoms with Crippen LogP contribution in [0.3, 0.4) is 0 Å². The average Bonchev–Trinajstić information content (AvgIpc) is 3.07. The standard InChI is InChI=1S/C16H22N2O3/c1-12(2)18(10-15-7-6-13(3)21-15)11-16(19)17-9-14-5-4-8-20-14/h4-8,12H,9-11H2,1-3H3,(H,17,19). The second-order valence-electron chi connectivity index (χ2n) is 5.37. The van der Waals surface area contributed by atoms with E-state index in [0.29, 0.717) is 19.6 Å². The number of carbonyl (C=O) groups is 1. The monoisotopic (exact) mass is 290 g/mol. The highest BCUT2D eigenvalue weighted by Gasteiger charge is 2.16. The Kier molecular flexibility index (Phi) is 5.22. The first-order chi connectivity index (χ1) is 10.0. The summed E-state index contributed by atoms with van der Waals surface area (Å²) in [6.45, 7) is 7.42. The summed E-state index contributed by atoms with van der Waals surface area (Å²) in [5.74, 6) is 2.49. The van der Waals surface area contributed by atoms with E-state index in [-0.39, 0.29) is 11.9 Å². The van der Waals surface area contributed by atoms with E-state index in [1.807, 2.05) is 25.1 Å². The maximum Gasteiger partial charge on any atom is 0.234 e. The Bertz CT molecular complexity index is 558. The van der Waals surface area contributed by atoms with Crippen LogP contribution in [0.2, 0.25) is 0 Å². The van der Waals surface area contributed by atoms with Crippen LogP contribution in [0.5, 0.6) is 0 Å². The van der Waals surface area contributed by atoms with Crippen LogP contribution in [-0.4, -0.2) is 23.4 Å². The largest absolute Gasteiger partial charge is 0.467 e. The predicted octanol–water partition coefficient (Wildman–Crippen LogP) is 2.71. The van der Waals surface area contributed by atoms with Gasteiger partial charge in [-0.25, -0.2) is 0 Å². The molecule has 0 saturated heterocycles. The Morgan fingerprint density at radius 3 is 2.67 bits per heavy atom. The highest BCUT2D eigenvalue weighted by molar-refractivity contribution is 5.77. The van der Waals surface area contributed by atoms with Crippen molar-refractivity contribution < 1.29 is 13.6 Å². The lowest BCUT2D eigenvalue weighted by Gasteiger charge is -2.24. The molecule has 5 heteroatoms. The molecule has 0 radical (unpaired) electrons. The molecule has 1 N–H and O–H groups in total. The molecule has 114 valence electrons. The van der Waals surface area contributed by atoms with E-state index < -0.39 is 0 Å². The van der Waals surface area contributed by atoms with Crippen molar-refractivity contribution in [2.45, 2.75) is 39.9 Å². The van der Waals surface area contributed by atoms with Crippen molar-refractivity contribution in [2.24, 2.45) is 0 Å². The van der Waals surface area contributed by atoms with Gasteiger partial charge in [0.1, 0.15) is 17.3 Å². The molecule has 0 bridgehead atoms. The number of nitrogens with zero attached hydrogens (tertiary/aromatic N) is 1. The van der Waals surface area contributed by atoms with E-state index in [1.165, 1.54) is 0 Å². The van der Waals surface area contributed by atoms with E-state index in [9.17, 15) is 4.79 Å². The number of nitrogens with one attached hydrogen (secondary N) is 1. The first-order valence-electron chi connectivity index (χ1n) is 7.13. The van der Waals surface area contributed by atoms with Gasteiger partial charge in [0.25, 0.3) is 0 Å². The molecule has 1 amide bonds. The fourth-order valence-corrected chi connectivity index (χ4v) is 2.03. The average molecular weight is 290 g/mol. The third-order valence-corrected chi connectivity index (χ3v) is 3.27. The second kappa shape index (κ2) is 7.13. The van der Waals surface area contributed by atoms with Gasteiger partial charge in [0.05, 0.1) is 25.9 Å².